The first-order chi connectivity index (χ1) is 9.95. The average molecular weight is 325 g/mol. The fourth-order valence-electron chi connectivity index (χ4n) is 2.46. The molecule has 128 valence electrons. The summed E-state index contributed by atoms with van der Waals surface area (Å²) < 4.78 is 48.5. The quantitative estimate of drug-likeness (QED) is 0.744. The van der Waals surface area contributed by atoms with Crippen LogP contribution in [0.25, 0.3) is 0 Å². The molecule has 1 fully saturated rings. The minimum Gasteiger partial charge on any atom is -0.466 e. The van der Waals surface area contributed by atoms with Gasteiger partial charge in [-0.25, -0.2) is 0 Å². The first-order valence-corrected chi connectivity index (χ1v) is 7.17. The molecule has 0 aliphatic carbocycles. The van der Waals surface area contributed by atoms with Gasteiger partial charge in [0.25, 0.3) is 0 Å². The highest BCUT2D eigenvalue weighted by atomic mass is 19.4. The van der Waals surface area contributed by atoms with Gasteiger partial charge in [-0.3, -0.25) is 9.59 Å². The Morgan fingerprint density at radius 1 is 1.23 bits per heavy atom. The van der Waals surface area contributed by atoms with Gasteiger partial charge < -0.3 is 14.4 Å². The molecule has 0 aromatic heterocycles. The highest BCUT2D eigenvalue weighted by molar-refractivity contribution is 5.83. The van der Waals surface area contributed by atoms with E-state index in [1.807, 2.05) is 0 Å². The molecule has 2 atom stereocenters. The van der Waals surface area contributed by atoms with Gasteiger partial charge in [-0.15, -0.1) is 0 Å². The summed E-state index contributed by atoms with van der Waals surface area (Å²) in [6, 6.07) is -0.965. The van der Waals surface area contributed by atoms with Crippen LogP contribution in [0.15, 0.2) is 0 Å². The summed E-state index contributed by atoms with van der Waals surface area (Å²) in [6.45, 7) is 6.94. The molecule has 0 radical (unpaired) electrons. The van der Waals surface area contributed by atoms with Gasteiger partial charge in [-0.2, -0.15) is 13.2 Å². The third-order valence-corrected chi connectivity index (χ3v) is 3.17. The number of ether oxygens (including phenoxy) is 2. The molecule has 0 aromatic carbocycles. The molecule has 1 amide bonds. The smallest absolute Gasteiger partial charge is 0.466 e. The molecule has 1 saturated heterocycles. The number of halogens is 3. The van der Waals surface area contributed by atoms with Crippen LogP contribution in [0.2, 0.25) is 0 Å². The molecule has 22 heavy (non-hydrogen) atoms. The molecule has 0 aromatic rings. The minimum atomic E-state index is -4.97. The predicted octanol–water partition coefficient (Wildman–Crippen LogP) is 2.29. The molecule has 0 saturated carbocycles. The van der Waals surface area contributed by atoms with Gasteiger partial charge in [0.1, 0.15) is 0 Å². The van der Waals surface area contributed by atoms with Crippen molar-refractivity contribution in [1.29, 1.82) is 0 Å². The Labute approximate surface area is 127 Å². The summed E-state index contributed by atoms with van der Waals surface area (Å²) in [5.74, 6) is -2.58. The van der Waals surface area contributed by atoms with Crippen molar-refractivity contribution in [3.8, 4) is 0 Å². The van der Waals surface area contributed by atoms with Gasteiger partial charge in [-0.05, 0) is 34.1 Å². The summed E-state index contributed by atoms with van der Waals surface area (Å²) in [4.78, 5) is 23.8. The van der Waals surface area contributed by atoms with Gasteiger partial charge in [0.2, 0.25) is 0 Å². The summed E-state index contributed by atoms with van der Waals surface area (Å²) in [6.07, 6.45) is -5.65. The number of hydrogen-bond donors (Lipinski definition) is 0. The number of hydrogen-bond acceptors (Lipinski definition) is 4. The van der Waals surface area contributed by atoms with Crippen molar-refractivity contribution in [1.82, 2.24) is 4.90 Å². The van der Waals surface area contributed by atoms with Gasteiger partial charge in [-0.1, -0.05) is 0 Å². The molecule has 0 bridgehead atoms. The molecule has 1 heterocycles. The van der Waals surface area contributed by atoms with Crippen molar-refractivity contribution in [2.24, 2.45) is 0 Å². The van der Waals surface area contributed by atoms with E-state index in [9.17, 15) is 22.8 Å². The Kier molecular flexibility index (Phi) is 5.83. The largest absolute Gasteiger partial charge is 0.471 e. The zero-order valence-electron chi connectivity index (χ0n) is 13.2. The minimum absolute atomic E-state index is 0.0941. The van der Waals surface area contributed by atoms with Crippen molar-refractivity contribution in [3.05, 3.63) is 0 Å². The summed E-state index contributed by atoms with van der Waals surface area (Å²) >= 11 is 0. The van der Waals surface area contributed by atoms with E-state index in [2.05, 4.69) is 0 Å². The van der Waals surface area contributed by atoms with Crippen molar-refractivity contribution >= 4 is 11.9 Å². The van der Waals surface area contributed by atoms with Crippen molar-refractivity contribution in [3.63, 3.8) is 0 Å². The highest BCUT2D eigenvalue weighted by Crippen LogP contribution is 2.31. The SMILES string of the molecule is CCOC(=O)C[C@@H]1[C@@H](OC(C)(C)C)CCN1C(=O)C(F)(F)F. The molecular formula is C14H22F3NO4. The molecule has 1 rings (SSSR count). The van der Waals surface area contributed by atoms with Crippen molar-refractivity contribution < 1.29 is 32.2 Å². The van der Waals surface area contributed by atoms with E-state index in [0.29, 0.717) is 4.90 Å². The molecule has 0 N–H and O–H groups in total. The van der Waals surface area contributed by atoms with E-state index in [-0.39, 0.29) is 26.0 Å². The monoisotopic (exact) mass is 325 g/mol. The fraction of sp³-hybridized carbons (Fsp3) is 0.857. The number of carbonyl (C=O) groups is 2. The number of rotatable bonds is 4. The average Bonchev–Trinajstić information content (AvgIpc) is 2.68. The van der Waals surface area contributed by atoms with Crippen LogP contribution in [-0.2, 0) is 19.1 Å². The summed E-state index contributed by atoms with van der Waals surface area (Å²) in [7, 11) is 0. The summed E-state index contributed by atoms with van der Waals surface area (Å²) in [5.41, 5.74) is -0.588. The Bertz CT molecular complexity index is 417. The van der Waals surface area contributed by atoms with Crippen LogP contribution in [0.4, 0.5) is 13.2 Å². The molecule has 0 unspecified atom stereocenters. The van der Waals surface area contributed by atoms with E-state index in [0.717, 1.165) is 0 Å². The van der Waals surface area contributed by atoms with Gasteiger partial charge >= 0.3 is 18.1 Å². The Morgan fingerprint density at radius 2 is 1.82 bits per heavy atom. The second-order valence-corrected chi connectivity index (χ2v) is 6.13. The molecule has 8 heteroatoms. The fourth-order valence-corrected chi connectivity index (χ4v) is 2.46. The highest BCUT2D eigenvalue weighted by Gasteiger charge is 2.50. The second kappa shape index (κ2) is 6.85. The predicted molar refractivity (Wildman–Crippen MR) is 72.0 cm³/mol. The Morgan fingerprint density at radius 3 is 2.27 bits per heavy atom. The maximum absolute atomic E-state index is 12.7. The van der Waals surface area contributed by atoms with Crippen LogP contribution in [0, 0.1) is 0 Å². The van der Waals surface area contributed by atoms with E-state index < -0.39 is 35.8 Å². The molecule has 1 aliphatic rings. The summed E-state index contributed by atoms with van der Waals surface area (Å²) in [5, 5.41) is 0. The first kappa shape index (κ1) is 18.7. The van der Waals surface area contributed by atoms with Crippen LogP contribution >= 0.6 is 0 Å². The third-order valence-electron chi connectivity index (χ3n) is 3.17. The lowest BCUT2D eigenvalue weighted by atomic mass is 10.1. The number of nitrogens with zero attached hydrogens (tertiary/aromatic N) is 1. The Balaban J connectivity index is 2.92. The maximum Gasteiger partial charge on any atom is 0.471 e. The normalized spacial score (nSPS) is 22.8. The molecule has 5 nitrogen and oxygen atoms in total. The molecule has 1 aliphatic heterocycles. The van der Waals surface area contributed by atoms with Gasteiger partial charge in [0.15, 0.2) is 0 Å². The van der Waals surface area contributed by atoms with E-state index in [1.54, 1.807) is 27.7 Å². The van der Waals surface area contributed by atoms with Crippen molar-refractivity contribution in [2.75, 3.05) is 13.2 Å². The van der Waals surface area contributed by atoms with Gasteiger partial charge in [0, 0.05) is 6.54 Å². The van der Waals surface area contributed by atoms with E-state index >= 15 is 0 Å². The lowest BCUT2D eigenvalue weighted by Crippen LogP contribution is -2.48. The van der Waals surface area contributed by atoms with E-state index in [4.69, 9.17) is 9.47 Å². The van der Waals surface area contributed by atoms with E-state index in [1.165, 1.54) is 0 Å². The lowest BCUT2D eigenvalue weighted by molar-refractivity contribution is -0.188. The van der Waals surface area contributed by atoms with Crippen LogP contribution in [0.5, 0.6) is 0 Å². The third kappa shape index (κ3) is 5.15. The second-order valence-electron chi connectivity index (χ2n) is 6.13. The van der Waals surface area contributed by atoms with Crippen LogP contribution in [-0.4, -0.2) is 53.9 Å². The standard InChI is InChI=1S/C14H22F3NO4/c1-5-21-11(19)8-9-10(22-13(2,3)4)6-7-18(9)12(20)14(15,16)17/h9-10H,5-8H2,1-4H3/t9-,10+/m1/s1. The van der Waals surface area contributed by atoms with Crippen molar-refractivity contribution in [2.45, 2.75) is 64.5 Å². The molecular weight excluding hydrogens is 303 g/mol. The first-order valence-electron chi connectivity index (χ1n) is 7.17. The zero-order chi connectivity index (χ0) is 17.1. The van der Waals surface area contributed by atoms with Crippen LogP contribution < -0.4 is 0 Å². The zero-order valence-corrected chi connectivity index (χ0v) is 13.2. The van der Waals surface area contributed by atoms with Crippen LogP contribution in [0.3, 0.4) is 0 Å². The topological polar surface area (TPSA) is 55.8 Å². The lowest BCUT2D eigenvalue weighted by Gasteiger charge is -2.32. The van der Waals surface area contributed by atoms with Gasteiger partial charge in [0.05, 0.1) is 30.8 Å². The maximum atomic E-state index is 12.7. The number of likely N-dealkylation sites (tertiary alicyclic amines) is 1. The number of amides is 1. The number of esters is 1. The Hall–Kier alpha value is -1.31. The number of alkyl halides is 3. The van der Waals surface area contributed by atoms with Crippen LogP contribution in [0.1, 0.15) is 40.5 Å². The molecule has 0 spiro atoms. The number of carbonyl (C=O) groups excluding carboxylic acids is 2.